The van der Waals surface area contributed by atoms with Crippen LogP contribution in [0.3, 0.4) is 0 Å². The minimum atomic E-state index is -0.0972. The van der Waals surface area contributed by atoms with Gasteiger partial charge in [-0.3, -0.25) is 9.59 Å². The van der Waals surface area contributed by atoms with E-state index in [0.29, 0.717) is 26.1 Å². The Morgan fingerprint density at radius 1 is 0.394 bits per heavy atom. The van der Waals surface area contributed by atoms with E-state index in [1.165, 1.54) is 89.9 Å². The molecular formula is C29H56O4. The van der Waals surface area contributed by atoms with E-state index in [0.717, 1.165) is 44.9 Å². The van der Waals surface area contributed by atoms with Crippen LogP contribution in [-0.4, -0.2) is 25.2 Å². The van der Waals surface area contributed by atoms with Gasteiger partial charge in [-0.05, 0) is 25.7 Å². The molecule has 0 radical (unpaired) electrons. The number of carbonyl (C=O) groups is 2. The van der Waals surface area contributed by atoms with Gasteiger partial charge in [-0.25, -0.2) is 0 Å². The van der Waals surface area contributed by atoms with Gasteiger partial charge in [0.2, 0.25) is 0 Å². The molecule has 196 valence electrons. The predicted octanol–water partition coefficient (Wildman–Crippen LogP) is 9.08. The highest BCUT2D eigenvalue weighted by Crippen LogP contribution is 2.12. The highest BCUT2D eigenvalue weighted by atomic mass is 16.5. The van der Waals surface area contributed by atoms with E-state index >= 15 is 0 Å². The first-order chi connectivity index (χ1) is 16.2. The largest absolute Gasteiger partial charge is 0.466 e. The maximum atomic E-state index is 11.8. The normalized spacial score (nSPS) is 11.0. The number of carbonyl (C=O) groups excluding carboxylic acids is 2. The van der Waals surface area contributed by atoms with Crippen molar-refractivity contribution in [2.75, 3.05) is 13.2 Å². The first-order valence-corrected chi connectivity index (χ1v) is 14.5. The van der Waals surface area contributed by atoms with Crippen LogP contribution < -0.4 is 0 Å². The highest BCUT2D eigenvalue weighted by Gasteiger charge is 2.05. The molecule has 0 heterocycles. The van der Waals surface area contributed by atoms with Crippen molar-refractivity contribution in [3.8, 4) is 0 Å². The van der Waals surface area contributed by atoms with Crippen LogP contribution in [0.4, 0.5) is 0 Å². The second-order valence-electron chi connectivity index (χ2n) is 9.66. The van der Waals surface area contributed by atoms with E-state index in [2.05, 4.69) is 13.8 Å². The molecule has 0 saturated carbocycles. The molecule has 0 aromatic rings. The molecule has 0 aliphatic rings. The van der Waals surface area contributed by atoms with Crippen LogP contribution in [0.15, 0.2) is 0 Å². The fourth-order valence-corrected chi connectivity index (χ4v) is 4.06. The molecule has 0 atom stereocenters. The van der Waals surface area contributed by atoms with E-state index in [4.69, 9.17) is 9.47 Å². The molecule has 0 aliphatic carbocycles. The number of ether oxygens (including phenoxy) is 2. The second-order valence-corrected chi connectivity index (χ2v) is 9.66. The van der Waals surface area contributed by atoms with Crippen molar-refractivity contribution < 1.29 is 19.1 Å². The molecule has 0 saturated heterocycles. The minimum absolute atomic E-state index is 0.0939. The summed E-state index contributed by atoms with van der Waals surface area (Å²) in [5.41, 5.74) is 0. The van der Waals surface area contributed by atoms with Gasteiger partial charge in [0, 0.05) is 12.8 Å². The molecule has 4 nitrogen and oxygen atoms in total. The molecule has 33 heavy (non-hydrogen) atoms. The first-order valence-electron chi connectivity index (χ1n) is 14.5. The highest BCUT2D eigenvalue weighted by molar-refractivity contribution is 5.69. The first kappa shape index (κ1) is 31.9. The van der Waals surface area contributed by atoms with Crippen molar-refractivity contribution >= 4 is 11.9 Å². The van der Waals surface area contributed by atoms with Crippen LogP contribution in [0.25, 0.3) is 0 Å². The van der Waals surface area contributed by atoms with Crippen LogP contribution >= 0.6 is 0 Å². The summed E-state index contributed by atoms with van der Waals surface area (Å²) in [5, 5.41) is 0. The molecule has 0 N–H and O–H groups in total. The maximum absolute atomic E-state index is 11.8. The SMILES string of the molecule is CCCCCCCCCCCCCOC(=O)CCCCCC(=O)OCCCCCCCCC. The smallest absolute Gasteiger partial charge is 0.305 e. The third-order valence-corrected chi connectivity index (χ3v) is 6.28. The molecule has 0 amide bonds. The Balaban J connectivity index is 3.27. The van der Waals surface area contributed by atoms with Crippen LogP contribution in [-0.2, 0) is 19.1 Å². The van der Waals surface area contributed by atoms with Crippen LogP contribution in [0.1, 0.15) is 162 Å². The molecule has 0 aromatic heterocycles. The summed E-state index contributed by atoms with van der Waals surface area (Å²) in [6, 6.07) is 0. The van der Waals surface area contributed by atoms with E-state index in [9.17, 15) is 9.59 Å². The van der Waals surface area contributed by atoms with Crippen LogP contribution in [0.2, 0.25) is 0 Å². The van der Waals surface area contributed by atoms with Crippen molar-refractivity contribution in [1.82, 2.24) is 0 Å². The lowest BCUT2D eigenvalue weighted by atomic mass is 10.1. The van der Waals surface area contributed by atoms with Gasteiger partial charge in [-0.1, -0.05) is 123 Å². The van der Waals surface area contributed by atoms with E-state index in [-0.39, 0.29) is 11.9 Å². The van der Waals surface area contributed by atoms with Crippen molar-refractivity contribution in [1.29, 1.82) is 0 Å². The maximum Gasteiger partial charge on any atom is 0.305 e. The number of hydrogen-bond acceptors (Lipinski definition) is 4. The van der Waals surface area contributed by atoms with Gasteiger partial charge in [-0.2, -0.15) is 0 Å². The number of unbranched alkanes of at least 4 members (excludes halogenated alkanes) is 18. The van der Waals surface area contributed by atoms with E-state index in [1.807, 2.05) is 0 Å². The Labute approximate surface area is 206 Å². The number of esters is 2. The summed E-state index contributed by atoms with van der Waals surface area (Å²) in [7, 11) is 0. The Kier molecular flexibility index (Phi) is 26.3. The van der Waals surface area contributed by atoms with Gasteiger partial charge < -0.3 is 9.47 Å². The Morgan fingerprint density at radius 2 is 0.667 bits per heavy atom. The summed E-state index contributed by atoms with van der Waals surface area (Å²) in [4.78, 5) is 23.5. The van der Waals surface area contributed by atoms with Crippen molar-refractivity contribution in [2.45, 2.75) is 162 Å². The Bertz CT molecular complexity index is 422. The summed E-state index contributed by atoms with van der Waals surface area (Å²) in [6.07, 6.45) is 26.3. The standard InChI is InChI=1S/C29H56O4/c1-3-5-7-9-11-12-13-14-16-18-23-27-33-29(31)25-21-19-20-24-28(30)32-26-22-17-15-10-8-6-4-2/h3-27H2,1-2H3. The summed E-state index contributed by atoms with van der Waals surface area (Å²) in [6.45, 7) is 5.60. The Hall–Kier alpha value is -1.06. The zero-order chi connectivity index (χ0) is 24.2. The average Bonchev–Trinajstić information content (AvgIpc) is 2.81. The summed E-state index contributed by atoms with van der Waals surface area (Å²) >= 11 is 0. The summed E-state index contributed by atoms with van der Waals surface area (Å²) < 4.78 is 10.6. The predicted molar refractivity (Wildman–Crippen MR) is 139 cm³/mol. The lowest BCUT2D eigenvalue weighted by Gasteiger charge is -2.06. The molecular weight excluding hydrogens is 412 g/mol. The Morgan fingerprint density at radius 3 is 1.00 bits per heavy atom. The molecule has 0 bridgehead atoms. The van der Waals surface area contributed by atoms with Gasteiger partial charge in [0.05, 0.1) is 13.2 Å². The third kappa shape index (κ3) is 27.1. The quantitative estimate of drug-likeness (QED) is 0.0938. The molecule has 0 unspecified atom stereocenters. The zero-order valence-electron chi connectivity index (χ0n) is 22.3. The lowest BCUT2D eigenvalue weighted by molar-refractivity contribution is -0.144. The second kappa shape index (κ2) is 27.2. The molecule has 4 heteroatoms. The fraction of sp³-hybridized carbons (Fsp3) is 0.931. The van der Waals surface area contributed by atoms with Gasteiger partial charge in [0.15, 0.2) is 0 Å². The molecule has 0 rings (SSSR count). The van der Waals surface area contributed by atoms with Crippen molar-refractivity contribution in [3.63, 3.8) is 0 Å². The number of rotatable bonds is 26. The molecule has 0 spiro atoms. The molecule has 0 aromatic carbocycles. The third-order valence-electron chi connectivity index (χ3n) is 6.28. The lowest BCUT2D eigenvalue weighted by Crippen LogP contribution is -2.07. The van der Waals surface area contributed by atoms with Gasteiger partial charge >= 0.3 is 11.9 Å². The minimum Gasteiger partial charge on any atom is -0.466 e. The molecule has 0 fully saturated rings. The van der Waals surface area contributed by atoms with Crippen LogP contribution in [0, 0.1) is 0 Å². The molecule has 0 aliphatic heterocycles. The fourth-order valence-electron chi connectivity index (χ4n) is 4.06. The van der Waals surface area contributed by atoms with E-state index in [1.54, 1.807) is 0 Å². The zero-order valence-corrected chi connectivity index (χ0v) is 22.3. The topological polar surface area (TPSA) is 52.6 Å². The van der Waals surface area contributed by atoms with Gasteiger partial charge in [-0.15, -0.1) is 0 Å². The van der Waals surface area contributed by atoms with Crippen LogP contribution in [0.5, 0.6) is 0 Å². The number of hydrogen-bond donors (Lipinski definition) is 0. The van der Waals surface area contributed by atoms with Gasteiger partial charge in [0.1, 0.15) is 0 Å². The summed E-state index contributed by atoms with van der Waals surface area (Å²) in [5.74, 6) is -0.191. The van der Waals surface area contributed by atoms with Gasteiger partial charge in [0.25, 0.3) is 0 Å². The average molecular weight is 469 g/mol. The van der Waals surface area contributed by atoms with E-state index < -0.39 is 0 Å². The van der Waals surface area contributed by atoms with Crippen molar-refractivity contribution in [2.24, 2.45) is 0 Å². The monoisotopic (exact) mass is 468 g/mol. The van der Waals surface area contributed by atoms with Crippen molar-refractivity contribution in [3.05, 3.63) is 0 Å².